The maximum atomic E-state index is 12.3. The third-order valence-corrected chi connectivity index (χ3v) is 4.45. The lowest BCUT2D eigenvalue weighted by Crippen LogP contribution is -2.37. The Bertz CT molecular complexity index is 568. The molecule has 0 saturated carbocycles. The Kier molecular flexibility index (Phi) is 5.01. The molecule has 1 atom stereocenters. The van der Waals surface area contributed by atoms with Gasteiger partial charge in [-0.25, -0.2) is 0 Å². The lowest BCUT2D eigenvalue weighted by atomic mass is 10.0. The Balaban J connectivity index is 1.73. The number of benzene rings is 1. The van der Waals surface area contributed by atoms with Crippen LogP contribution < -0.4 is 10.2 Å². The van der Waals surface area contributed by atoms with Gasteiger partial charge in [-0.15, -0.1) is 0 Å². The average Bonchev–Trinajstić information content (AvgIpc) is 3.01. The molecule has 22 heavy (non-hydrogen) atoms. The average molecular weight is 321 g/mol. The van der Waals surface area contributed by atoms with Crippen molar-refractivity contribution in [1.29, 1.82) is 0 Å². The summed E-state index contributed by atoms with van der Waals surface area (Å²) in [4.78, 5) is 14.5. The highest BCUT2D eigenvalue weighted by Gasteiger charge is 2.20. The smallest absolute Gasteiger partial charge is 0.225 e. The van der Waals surface area contributed by atoms with E-state index in [0.717, 1.165) is 37.3 Å². The van der Waals surface area contributed by atoms with E-state index in [9.17, 15) is 4.79 Å². The number of hydrogen-bond donors (Lipinski definition) is 1. The lowest BCUT2D eigenvalue weighted by Gasteiger charge is -2.31. The van der Waals surface area contributed by atoms with Crippen molar-refractivity contribution in [2.45, 2.75) is 19.3 Å². The number of anilines is 2. The number of carbonyl (C=O) groups is 1. The monoisotopic (exact) mass is 320 g/mol. The molecule has 1 aliphatic heterocycles. The van der Waals surface area contributed by atoms with Crippen LogP contribution in [-0.2, 0) is 9.53 Å². The molecule has 1 aromatic rings. The van der Waals surface area contributed by atoms with Crippen molar-refractivity contribution in [2.75, 3.05) is 36.5 Å². The Morgan fingerprint density at radius 3 is 2.91 bits per heavy atom. The van der Waals surface area contributed by atoms with Crippen LogP contribution in [0.4, 0.5) is 11.4 Å². The maximum absolute atomic E-state index is 12.3. The van der Waals surface area contributed by atoms with Crippen LogP contribution in [0, 0.1) is 5.92 Å². The largest absolute Gasteiger partial charge is 0.378 e. The number of amides is 1. The second kappa shape index (κ2) is 7.16. The minimum absolute atomic E-state index is 0.0494. The molecule has 1 saturated heterocycles. The third kappa shape index (κ3) is 3.62. The number of carbonyl (C=O) groups excluding carboxylic acids is 1. The second-order valence-electron chi connectivity index (χ2n) is 5.75. The van der Waals surface area contributed by atoms with Crippen LogP contribution in [0.1, 0.15) is 19.3 Å². The lowest BCUT2D eigenvalue weighted by molar-refractivity contribution is -0.116. The van der Waals surface area contributed by atoms with Crippen LogP contribution in [0.5, 0.6) is 0 Å². The van der Waals surface area contributed by atoms with Gasteiger partial charge >= 0.3 is 0 Å². The minimum Gasteiger partial charge on any atom is -0.378 e. The van der Waals surface area contributed by atoms with Crippen LogP contribution in [0.3, 0.4) is 0 Å². The predicted molar refractivity (Wildman–Crippen MR) is 89.6 cm³/mol. The SMILES string of the molecule is O=C(CC1C=CCC1)Nc1cccc(Cl)c1N1CCOCC1. The van der Waals surface area contributed by atoms with E-state index in [1.54, 1.807) is 0 Å². The first-order valence-corrected chi connectivity index (χ1v) is 8.19. The predicted octanol–water partition coefficient (Wildman–Crippen LogP) is 3.47. The van der Waals surface area contributed by atoms with Gasteiger partial charge in [-0.3, -0.25) is 4.79 Å². The number of morpholine rings is 1. The molecule has 1 aliphatic carbocycles. The van der Waals surface area contributed by atoms with Gasteiger partial charge in [0.25, 0.3) is 0 Å². The Morgan fingerprint density at radius 1 is 1.36 bits per heavy atom. The van der Waals surface area contributed by atoms with Gasteiger partial charge in [0.15, 0.2) is 0 Å². The minimum atomic E-state index is 0.0494. The van der Waals surface area contributed by atoms with E-state index in [4.69, 9.17) is 16.3 Å². The summed E-state index contributed by atoms with van der Waals surface area (Å²) in [6, 6.07) is 5.65. The molecule has 1 unspecified atom stereocenters. The van der Waals surface area contributed by atoms with Crippen molar-refractivity contribution in [3.05, 3.63) is 35.4 Å². The number of nitrogens with one attached hydrogen (secondary N) is 1. The maximum Gasteiger partial charge on any atom is 0.225 e. The molecule has 2 aliphatic rings. The van der Waals surface area contributed by atoms with Gasteiger partial charge in [0.2, 0.25) is 5.91 Å². The molecule has 1 aromatic carbocycles. The quantitative estimate of drug-likeness (QED) is 0.864. The first kappa shape index (κ1) is 15.4. The van der Waals surface area contributed by atoms with E-state index >= 15 is 0 Å². The number of nitrogens with zero attached hydrogens (tertiary/aromatic N) is 1. The molecule has 3 rings (SSSR count). The molecule has 5 heteroatoms. The summed E-state index contributed by atoms with van der Waals surface area (Å²) in [5.74, 6) is 0.416. The van der Waals surface area contributed by atoms with E-state index in [2.05, 4.69) is 22.4 Å². The number of para-hydroxylation sites is 1. The van der Waals surface area contributed by atoms with Gasteiger partial charge in [0, 0.05) is 19.5 Å². The molecule has 0 bridgehead atoms. The summed E-state index contributed by atoms with van der Waals surface area (Å²) >= 11 is 6.37. The van der Waals surface area contributed by atoms with Crippen LogP contribution in [0.25, 0.3) is 0 Å². The molecule has 0 aromatic heterocycles. The number of hydrogen-bond acceptors (Lipinski definition) is 3. The normalized spacial score (nSPS) is 21.1. The van der Waals surface area contributed by atoms with Crippen molar-refractivity contribution >= 4 is 28.9 Å². The molecular weight excluding hydrogens is 300 g/mol. The Labute approximate surface area is 136 Å². The van der Waals surface area contributed by atoms with Crippen LogP contribution in [0.2, 0.25) is 5.02 Å². The summed E-state index contributed by atoms with van der Waals surface area (Å²) in [5, 5.41) is 3.70. The second-order valence-corrected chi connectivity index (χ2v) is 6.16. The van der Waals surface area contributed by atoms with Crippen molar-refractivity contribution in [3.63, 3.8) is 0 Å². The first-order chi connectivity index (χ1) is 10.7. The molecule has 1 amide bonds. The van der Waals surface area contributed by atoms with Crippen molar-refractivity contribution in [2.24, 2.45) is 5.92 Å². The molecular formula is C17H21ClN2O2. The fourth-order valence-electron chi connectivity index (χ4n) is 3.03. The van der Waals surface area contributed by atoms with Gasteiger partial charge in [-0.05, 0) is 30.9 Å². The summed E-state index contributed by atoms with van der Waals surface area (Å²) < 4.78 is 5.39. The highest BCUT2D eigenvalue weighted by molar-refractivity contribution is 6.34. The van der Waals surface area contributed by atoms with Crippen molar-refractivity contribution < 1.29 is 9.53 Å². The van der Waals surface area contributed by atoms with Crippen LogP contribution >= 0.6 is 11.6 Å². The molecule has 1 fully saturated rings. The number of allylic oxidation sites excluding steroid dienone is 2. The van der Waals surface area contributed by atoms with E-state index < -0.39 is 0 Å². The Morgan fingerprint density at radius 2 is 2.18 bits per heavy atom. The molecule has 0 spiro atoms. The van der Waals surface area contributed by atoms with E-state index in [-0.39, 0.29) is 5.91 Å². The fraction of sp³-hybridized carbons (Fsp3) is 0.471. The summed E-state index contributed by atoms with van der Waals surface area (Å²) in [6.45, 7) is 2.95. The zero-order chi connectivity index (χ0) is 15.4. The molecule has 1 heterocycles. The molecule has 118 valence electrons. The standard InChI is InChI=1S/C17H21ClN2O2/c18-14-6-3-7-15(17(14)20-8-10-22-11-9-20)19-16(21)12-13-4-1-2-5-13/h1,3-4,6-7,13H,2,5,8-12H2,(H,19,21). The van der Waals surface area contributed by atoms with Crippen molar-refractivity contribution in [1.82, 2.24) is 0 Å². The number of halogens is 1. The third-order valence-electron chi connectivity index (χ3n) is 4.15. The highest BCUT2D eigenvalue weighted by atomic mass is 35.5. The Hall–Kier alpha value is -1.52. The molecule has 1 N–H and O–H groups in total. The highest BCUT2D eigenvalue weighted by Crippen LogP contribution is 2.34. The van der Waals surface area contributed by atoms with Crippen molar-refractivity contribution in [3.8, 4) is 0 Å². The van der Waals surface area contributed by atoms with Gasteiger partial charge in [0.05, 0.1) is 29.6 Å². The van der Waals surface area contributed by atoms with Gasteiger partial charge in [0.1, 0.15) is 0 Å². The zero-order valence-corrected chi connectivity index (χ0v) is 13.3. The molecule has 0 radical (unpaired) electrons. The van der Waals surface area contributed by atoms with Crippen LogP contribution in [0.15, 0.2) is 30.4 Å². The van der Waals surface area contributed by atoms with Gasteiger partial charge in [-0.1, -0.05) is 29.8 Å². The zero-order valence-electron chi connectivity index (χ0n) is 12.6. The van der Waals surface area contributed by atoms with Gasteiger partial charge < -0.3 is 15.0 Å². The first-order valence-electron chi connectivity index (χ1n) is 7.82. The van der Waals surface area contributed by atoms with E-state index in [1.165, 1.54) is 0 Å². The summed E-state index contributed by atoms with van der Waals surface area (Å²) in [6.07, 6.45) is 6.97. The van der Waals surface area contributed by atoms with E-state index in [0.29, 0.717) is 30.6 Å². The molecule has 4 nitrogen and oxygen atoms in total. The topological polar surface area (TPSA) is 41.6 Å². The fourth-order valence-corrected chi connectivity index (χ4v) is 3.32. The van der Waals surface area contributed by atoms with Gasteiger partial charge in [-0.2, -0.15) is 0 Å². The summed E-state index contributed by atoms with van der Waals surface area (Å²) in [5.41, 5.74) is 1.70. The van der Waals surface area contributed by atoms with Crippen LogP contribution in [-0.4, -0.2) is 32.2 Å². The summed E-state index contributed by atoms with van der Waals surface area (Å²) in [7, 11) is 0. The van der Waals surface area contributed by atoms with E-state index in [1.807, 2.05) is 18.2 Å². The number of ether oxygens (including phenoxy) is 1. The number of rotatable bonds is 4.